The van der Waals surface area contributed by atoms with Crippen LogP contribution in [0.25, 0.3) is 10.8 Å². The number of carbonyl (C=O) groups excluding carboxylic acids is 3. The van der Waals surface area contributed by atoms with Gasteiger partial charge in [0.2, 0.25) is 0 Å². The molecule has 38 heavy (non-hydrogen) atoms. The van der Waals surface area contributed by atoms with Crippen molar-refractivity contribution in [3.8, 4) is 11.5 Å². The molecule has 0 aromatic heterocycles. The monoisotopic (exact) mass is 522 g/mol. The number of halogens is 1. The van der Waals surface area contributed by atoms with E-state index < -0.39 is 17.9 Å². The summed E-state index contributed by atoms with van der Waals surface area (Å²) in [6, 6.07) is 21.3. The molecule has 1 aliphatic carbocycles. The second-order valence-corrected chi connectivity index (χ2v) is 9.70. The first kappa shape index (κ1) is 25.2. The van der Waals surface area contributed by atoms with Gasteiger partial charge in [-0.25, -0.2) is 9.59 Å². The van der Waals surface area contributed by atoms with Crippen molar-refractivity contribution in [1.82, 2.24) is 0 Å². The highest BCUT2D eigenvalue weighted by Gasteiger charge is 2.35. The molecule has 5 nitrogen and oxygen atoms in total. The second-order valence-electron chi connectivity index (χ2n) is 9.26. The van der Waals surface area contributed by atoms with Gasteiger partial charge in [-0.3, -0.25) is 4.79 Å². The number of ether oxygens (including phenoxy) is 2. The van der Waals surface area contributed by atoms with Gasteiger partial charge in [0.15, 0.2) is 5.78 Å². The van der Waals surface area contributed by atoms with Crippen molar-refractivity contribution in [2.75, 3.05) is 0 Å². The van der Waals surface area contributed by atoms with Gasteiger partial charge in [0.1, 0.15) is 11.5 Å². The zero-order valence-electron chi connectivity index (χ0n) is 20.8. The van der Waals surface area contributed by atoms with E-state index >= 15 is 0 Å². The molecule has 0 radical (unpaired) electrons. The maximum absolute atomic E-state index is 13.4. The van der Waals surface area contributed by atoms with Gasteiger partial charge in [-0.05, 0) is 49.2 Å². The van der Waals surface area contributed by atoms with Gasteiger partial charge < -0.3 is 9.47 Å². The van der Waals surface area contributed by atoms with Crippen molar-refractivity contribution in [2.24, 2.45) is 0 Å². The molecule has 5 rings (SSSR count). The number of esters is 2. The topological polar surface area (TPSA) is 69.7 Å². The lowest BCUT2D eigenvalue weighted by Gasteiger charge is -2.30. The summed E-state index contributed by atoms with van der Waals surface area (Å²) in [5, 5.41) is 1.58. The van der Waals surface area contributed by atoms with E-state index in [1.54, 1.807) is 74.5 Å². The summed E-state index contributed by atoms with van der Waals surface area (Å²) >= 11 is 6.41. The van der Waals surface area contributed by atoms with E-state index in [-0.39, 0.29) is 28.4 Å². The summed E-state index contributed by atoms with van der Waals surface area (Å²) in [5.41, 5.74) is 3.38. The van der Waals surface area contributed by atoms with Crippen LogP contribution >= 0.6 is 11.6 Å². The number of benzene rings is 4. The summed E-state index contributed by atoms with van der Waals surface area (Å²) in [5.74, 6) is -1.32. The molecule has 0 amide bonds. The molecular weight excluding hydrogens is 500 g/mol. The van der Waals surface area contributed by atoms with E-state index in [0.29, 0.717) is 43.6 Å². The Bertz CT molecular complexity index is 1700. The first-order valence-corrected chi connectivity index (χ1v) is 12.3. The van der Waals surface area contributed by atoms with E-state index in [0.717, 1.165) is 0 Å². The normalized spacial score (nSPS) is 13.9. The predicted octanol–water partition coefficient (Wildman–Crippen LogP) is 7.18. The minimum atomic E-state index is -0.602. The van der Waals surface area contributed by atoms with E-state index in [1.165, 1.54) is 0 Å². The lowest BCUT2D eigenvalue weighted by molar-refractivity contribution is -0.131. The molecule has 0 fully saturated rings. The van der Waals surface area contributed by atoms with Crippen molar-refractivity contribution < 1.29 is 23.9 Å². The van der Waals surface area contributed by atoms with Crippen LogP contribution in [0.5, 0.6) is 11.5 Å². The van der Waals surface area contributed by atoms with Crippen LogP contribution in [0.3, 0.4) is 0 Å². The molecule has 1 aliphatic rings. The Kier molecular flexibility index (Phi) is 6.47. The third-order valence-corrected chi connectivity index (χ3v) is 6.71. The number of hydrogen-bond acceptors (Lipinski definition) is 5. The number of hydrogen-bond donors (Lipinski definition) is 0. The summed E-state index contributed by atoms with van der Waals surface area (Å²) < 4.78 is 11.7. The van der Waals surface area contributed by atoms with Crippen molar-refractivity contribution in [2.45, 2.75) is 19.8 Å². The third-order valence-electron chi connectivity index (χ3n) is 6.48. The SMILES string of the molecule is C=C(C)C(=O)Oc1cc(C2c3ccccc3C(=O)c3ccc(Cl)cc32)c(OC(=O)C(=C)C)c2ccccc12. The highest BCUT2D eigenvalue weighted by molar-refractivity contribution is 6.31. The molecule has 188 valence electrons. The van der Waals surface area contributed by atoms with Crippen LogP contribution in [-0.4, -0.2) is 17.7 Å². The largest absolute Gasteiger partial charge is 0.423 e. The number of carbonyl (C=O) groups is 3. The molecule has 0 aliphatic heterocycles. The smallest absolute Gasteiger partial charge is 0.338 e. The Hall–Kier alpha value is -4.48. The fourth-order valence-electron chi connectivity index (χ4n) is 4.70. The molecular formula is C32H23ClO5. The summed E-state index contributed by atoms with van der Waals surface area (Å²) in [4.78, 5) is 38.9. The lowest BCUT2D eigenvalue weighted by Crippen LogP contribution is -2.22. The lowest BCUT2D eigenvalue weighted by atomic mass is 9.73. The van der Waals surface area contributed by atoms with Crippen LogP contribution in [-0.2, 0) is 9.59 Å². The van der Waals surface area contributed by atoms with Crippen molar-refractivity contribution in [3.05, 3.63) is 130 Å². The van der Waals surface area contributed by atoms with Crippen LogP contribution in [0.15, 0.2) is 97.1 Å². The summed E-state index contributed by atoms with van der Waals surface area (Å²) in [6.45, 7) is 10.6. The van der Waals surface area contributed by atoms with Crippen LogP contribution in [0.1, 0.15) is 52.4 Å². The zero-order chi connectivity index (χ0) is 27.1. The van der Waals surface area contributed by atoms with Crippen molar-refractivity contribution in [3.63, 3.8) is 0 Å². The van der Waals surface area contributed by atoms with Gasteiger partial charge >= 0.3 is 11.9 Å². The first-order valence-electron chi connectivity index (χ1n) is 11.9. The van der Waals surface area contributed by atoms with E-state index in [9.17, 15) is 14.4 Å². The molecule has 1 unspecified atom stereocenters. The maximum atomic E-state index is 13.4. The number of fused-ring (bicyclic) bond motifs is 3. The molecule has 6 heteroatoms. The van der Waals surface area contributed by atoms with E-state index in [4.69, 9.17) is 21.1 Å². The van der Waals surface area contributed by atoms with Gasteiger partial charge in [0.05, 0.1) is 0 Å². The van der Waals surface area contributed by atoms with Gasteiger partial charge in [-0.15, -0.1) is 0 Å². The fourth-order valence-corrected chi connectivity index (χ4v) is 4.88. The molecule has 0 N–H and O–H groups in total. The average Bonchev–Trinajstić information content (AvgIpc) is 2.90. The maximum Gasteiger partial charge on any atom is 0.338 e. The zero-order valence-corrected chi connectivity index (χ0v) is 21.6. The molecule has 0 saturated heterocycles. The van der Waals surface area contributed by atoms with Gasteiger partial charge in [-0.1, -0.05) is 73.3 Å². The number of ketones is 1. The highest BCUT2D eigenvalue weighted by atomic mass is 35.5. The molecule has 0 saturated carbocycles. The van der Waals surface area contributed by atoms with Gasteiger partial charge in [0.25, 0.3) is 0 Å². The fraction of sp³-hybridized carbons (Fsp3) is 0.0938. The van der Waals surface area contributed by atoms with Crippen molar-refractivity contribution in [1.29, 1.82) is 0 Å². The standard InChI is InChI=1S/C32H23ClO5/c1-17(2)31(35)37-27-16-26(30(38-32(36)18(3)4)24-12-8-5-9-20(24)27)28-21-10-6-7-11-22(21)29(34)23-14-13-19(33)15-25(23)28/h5-16,28H,1,3H2,2,4H3. The van der Waals surface area contributed by atoms with E-state index in [1.807, 2.05) is 12.1 Å². The molecule has 0 heterocycles. The predicted molar refractivity (Wildman–Crippen MR) is 147 cm³/mol. The van der Waals surface area contributed by atoms with Crippen LogP contribution in [0.2, 0.25) is 5.02 Å². The Morgan fingerprint density at radius 1 is 0.737 bits per heavy atom. The highest BCUT2D eigenvalue weighted by Crippen LogP contribution is 2.49. The molecule has 0 bridgehead atoms. The molecule has 4 aromatic carbocycles. The van der Waals surface area contributed by atoms with Crippen molar-refractivity contribution >= 4 is 40.1 Å². The molecule has 4 aromatic rings. The minimum absolute atomic E-state index is 0.126. The second kappa shape index (κ2) is 9.77. The van der Waals surface area contributed by atoms with Gasteiger partial charge in [-0.2, -0.15) is 0 Å². The minimum Gasteiger partial charge on any atom is -0.423 e. The Labute approximate surface area is 225 Å². The summed E-state index contributed by atoms with van der Waals surface area (Å²) in [6.07, 6.45) is 0. The Morgan fingerprint density at radius 3 is 2.05 bits per heavy atom. The van der Waals surface area contributed by atoms with Crippen LogP contribution in [0.4, 0.5) is 0 Å². The Morgan fingerprint density at radius 2 is 1.34 bits per heavy atom. The van der Waals surface area contributed by atoms with Crippen LogP contribution in [0, 0.1) is 0 Å². The Balaban J connectivity index is 1.88. The average molecular weight is 523 g/mol. The van der Waals surface area contributed by atoms with Gasteiger partial charge in [0, 0.05) is 49.5 Å². The quantitative estimate of drug-likeness (QED) is 0.139. The first-order chi connectivity index (χ1) is 18.2. The molecule has 0 spiro atoms. The molecule has 1 atom stereocenters. The summed E-state index contributed by atoms with van der Waals surface area (Å²) in [7, 11) is 0. The van der Waals surface area contributed by atoms with Crippen LogP contribution < -0.4 is 9.47 Å². The van der Waals surface area contributed by atoms with E-state index in [2.05, 4.69) is 13.2 Å². The number of rotatable bonds is 5. The third kappa shape index (κ3) is 4.31.